The zero-order valence-corrected chi connectivity index (χ0v) is 10.8. The first kappa shape index (κ1) is 11.3. The van der Waals surface area contributed by atoms with Gasteiger partial charge in [0.2, 0.25) is 0 Å². The van der Waals surface area contributed by atoms with E-state index in [0.717, 1.165) is 17.8 Å². The molecule has 0 amide bonds. The Balaban J connectivity index is 2.26. The van der Waals surface area contributed by atoms with Gasteiger partial charge in [-0.1, -0.05) is 18.5 Å². The summed E-state index contributed by atoms with van der Waals surface area (Å²) in [5.74, 6) is 1.32. The standard InChI is InChI=1S/C12H11Cl2FN2/c1-6-2-10(6)17-11-4-8(15)7(14)3-9(11)16-12(17)5-13/h3-4,6,10H,2,5H2,1H3. The quantitative estimate of drug-likeness (QED) is 0.751. The molecule has 1 aromatic carbocycles. The molecule has 1 aliphatic carbocycles. The van der Waals surface area contributed by atoms with Crippen LogP contribution in [0.4, 0.5) is 4.39 Å². The Kier molecular flexibility index (Phi) is 2.56. The van der Waals surface area contributed by atoms with Crippen molar-refractivity contribution in [1.82, 2.24) is 9.55 Å². The summed E-state index contributed by atoms with van der Waals surface area (Å²) in [5, 5.41) is 0.104. The predicted molar refractivity (Wildman–Crippen MR) is 67.1 cm³/mol. The molecule has 0 bridgehead atoms. The molecule has 2 nitrogen and oxygen atoms in total. The highest BCUT2D eigenvalue weighted by molar-refractivity contribution is 6.31. The Morgan fingerprint density at radius 3 is 2.82 bits per heavy atom. The molecule has 17 heavy (non-hydrogen) atoms. The Bertz CT molecular complexity index is 594. The van der Waals surface area contributed by atoms with E-state index in [2.05, 4.69) is 11.9 Å². The van der Waals surface area contributed by atoms with E-state index in [1.165, 1.54) is 6.07 Å². The van der Waals surface area contributed by atoms with Crippen molar-refractivity contribution in [2.24, 2.45) is 5.92 Å². The van der Waals surface area contributed by atoms with Crippen LogP contribution in [0.3, 0.4) is 0 Å². The van der Waals surface area contributed by atoms with Crippen molar-refractivity contribution in [3.8, 4) is 0 Å². The second kappa shape index (κ2) is 3.85. The lowest BCUT2D eigenvalue weighted by atomic mass is 10.3. The minimum absolute atomic E-state index is 0.104. The molecule has 0 spiro atoms. The lowest BCUT2D eigenvalue weighted by molar-refractivity contribution is 0.626. The number of rotatable bonds is 2. The fourth-order valence-corrected chi connectivity index (χ4v) is 2.61. The molecule has 0 aliphatic heterocycles. The van der Waals surface area contributed by atoms with Gasteiger partial charge in [0.05, 0.1) is 21.9 Å². The summed E-state index contributed by atoms with van der Waals surface area (Å²) in [6.07, 6.45) is 1.10. The van der Waals surface area contributed by atoms with Gasteiger partial charge in [0.1, 0.15) is 11.6 Å². The van der Waals surface area contributed by atoms with Gasteiger partial charge >= 0.3 is 0 Å². The minimum Gasteiger partial charge on any atom is -0.323 e. The van der Waals surface area contributed by atoms with Crippen LogP contribution in [0, 0.1) is 11.7 Å². The largest absolute Gasteiger partial charge is 0.323 e. The lowest BCUT2D eigenvalue weighted by Crippen LogP contribution is -2.00. The van der Waals surface area contributed by atoms with Gasteiger partial charge in [-0.25, -0.2) is 9.37 Å². The molecule has 1 aromatic heterocycles. The van der Waals surface area contributed by atoms with Crippen molar-refractivity contribution in [2.45, 2.75) is 25.3 Å². The highest BCUT2D eigenvalue weighted by atomic mass is 35.5. The number of imidazole rings is 1. The SMILES string of the molecule is CC1CC1n1c(CCl)nc2cc(Cl)c(F)cc21. The van der Waals surface area contributed by atoms with Gasteiger partial charge in [0, 0.05) is 12.1 Å². The highest BCUT2D eigenvalue weighted by Gasteiger charge is 2.36. The third kappa shape index (κ3) is 1.72. The summed E-state index contributed by atoms with van der Waals surface area (Å²) in [6, 6.07) is 3.41. The molecule has 1 aliphatic rings. The van der Waals surface area contributed by atoms with Crippen LogP contribution in [0.25, 0.3) is 11.0 Å². The number of halogens is 3. The number of aromatic nitrogens is 2. The molecule has 0 saturated heterocycles. The van der Waals surface area contributed by atoms with Crippen molar-refractivity contribution in [2.75, 3.05) is 0 Å². The number of hydrogen-bond acceptors (Lipinski definition) is 1. The summed E-state index contributed by atoms with van der Waals surface area (Å²) >= 11 is 11.7. The molecule has 2 aromatic rings. The third-order valence-electron chi connectivity index (χ3n) is 3.32. The molecule has 90 valence electrons. The Morgan fingerprint density at radius 2 is 2.24 bits per heavy atom. The maximum atomic E-state index is 13.5. The van der Waals surface area contributed by atoms with Crippen molar-refractivity contribution < 1.29 is 4.39 Å². The van der Waals surface area contributed by atoms with Crippen LogP contribution in [-0.4, -0.2) is 9.55 Å². The van der Waals surface area contributed by atoms with Gasteiger partial charge in [-0.05, 0) is 18.4 Å². The Hall–Kier alpha value is -0.800. The van der Waals surface area contributed by atoms with Gasteiger partial charge in [-0.15, -0.1) is 11.6 Å². The summed E-state index contributed by atoms with van der Waals surface area (Å²) in [5.41, 5.74) is 1.50. The molecular weight excluding hydrogens is 262 g/mol. The smallest absolute Gasteiger partial charge is 0.144 e. The second-order valence-electron chi connectivity index (χ2n) is 4.57. The molecule has 1 heterocycles. The monoisotopic (exact) mass is 272 g/mol. The van der Waals surface area contributed by atoms with Gasteiger partial charge in [-0.2, -0.15) is 0 Å². The van der Waals surface area contributed by atoms with E-state index in [-0.39, 0.29) is 5.02 Å². The van der Waals surface area contributed by atoms with E-state index in [0.29, 0.717) is 23.4 Å². The molecule has 2 atom stereocenters. The fraction of sp³-hybridized carbons (Fsp3) is 0.417. The minimum atomic E-state index is -0.408. The molecule has 1 fully saturated rings. The first-order valence-electron chi connectivity index (χ1n) is 5.53. The van der Waals surface area contributed by atoms with Crippen molar-refractivity contribution >= 4 is 34.2 Å². The fourth-order valence-electron chi connectivity index (χ4n) is 2.27. The third-order valence-corrected chi connectivity index (χ3v) is 3.85. The number of alkyl halides is 1. The molecule has 5 heteroatoms. The first-order chi connectivity index (χ1) is 8.11. The number of fused-ring (bicyclic) bond motifs is 1. The predicted octanol–water partition coefficient (Wildman–Crippen LogP) is 4.15. The first-order valence-corrected chi connectivity index (χ1v) is 6.45. The van der Waals surface area contributed by atoms with Gasteiger partial charge in [0.25, 0.3) is 0 Å². The highest BCUT2D eigenvalue weighted by Crippen LogP contribution is 2.45. The van der Waals surface area contributed by atoms with E-state index in [4.69, 9.17) is 23.2 Å². The van der Waals surface area contributed by atoms with Gasteiger partial charge < -0.3 is 4.57 Å². The average Bonchev–Trinajstić information content (AvgIpc) is 2.89. The molecule has 2 unspecified atom stereocenters. The molecular formula is C12H11Cl2FN2. The maximum absolute atomic E-state index is 13.5. The molecule has 0 radical (unpaired) electrons. The van der Waals surface area contributed by atoms with Crippen LogP contribution in [-0.2, 0) is 5.88 Å². The van der Waals surface area contributed by atoms with E-state index in [9.17, 15) is 4.39 Å². The van der Waals surface area contributed by atoms with Crippen LogP contribution in [0.1, 0.15) is 25.2 Å². The molecule has 1 saturated carbocycles. The van der Waals surface area contributed by atoms with Crippen LogP contribution in [0.2, 0.25) is 5.02 Å². The average molecular weight is 273 g/mol. The van der Waals surface area contributed by atoms with Gasteiger partial charge in [0.15, 0.2) is 0 Å². The van der Waals surface area contributed by atoms with Crippen molar-refractivity contribution in [3.63, 3.8) is 0 Å². The van der Waals surface area contributed by atoms with Crippen molar-refractivity contribution in [3.05, 3.63) is 28.8 Å². The zero-order valence-electron chi connectivity index (χ0n) is 9.25. The number of hydrogen-bond donors (Lipinski definition) is 0. The van der Waals surface area contributed by atoms with E-state index in [1.807, 2.05) is 4.57 Å². The van der Waals surface area contributed by atoms with E-state index < -0.39 is 5.82 Å². The van der Waals surface area contributed by atoms with Crippen LogP contribution >= 0.6 is 23.2 Å². The van der Waals surface area contributed by atoms with Crippen LogP contribution < -0.4 is 0 Å². The van der Waals surface area contributed by atoms with Crippen molar-refractivity contribution in [1.29, 1.82) is 0 Å². The molecule has 3 rings (SSSR count). The van der Waals surface area contributed by atoms with Gasteiger partial charge in [-0.3, -0.25) is 0 Å². The van der Waals surface area contributed by atoms with E-state index in [1.54, 1.807) is 6.07 Å². The Labute approximate surface area is 108 Å². The summed E-state index contributed by atoms with van der Waals surface area (Å²) in [6.45, 7) is 2.17. The number of nitrogens with zero attached hydrogens (tertiary/aromatic N) is 2. The second-order valence-corrected chi connectivity index (χ2v) is 5.24. The summed E-state index contributed by atoms with van der Waals surface area (Å²) in [4.78, 5) is 4.41. The van der Waals surface area contributed by atoms with Crippen LogP contribution in [0.5, 0.6) is 0 Å². The summed E-state index contributed by atoms with van der Waals surface area (Å²) < 4.78 is 15.6. The molecule has 0 N–H and O–H groups in total. The van der Waals surface area contributed by atoms with E-state index >= 15 is 0 Å². The number of benzene rings is 1. The van der Waals surface area contributed by atoms with Crippen LogP contribution in [0.15, 0.2) is 12.1 Å². The zero-order chi connectivity index (χ0) is 12.2. The Morgan fingerprint density at radius 1 is 1.53 bits per heavy atom. The summed E-state index contributed by atoms with van der Waals surface area (Å²) in [7, 11) is 0. The maximum Gasteiger partial charge on any atom is 0.144 e. The lowest BCUT2D eigenvalue weighted by Gasteiger charge is -2.06. The normalized spacial score (nSPS) is 23.3. The topological polar surface area (TPSA) is 17.8 Å².